The molecule has 4 nitrogen and oxygen atoms in total. The van der Waals surface area contributed by atoms with Crippen molar-refractivity contribution in [2.75, 3.05) is 20.6 Å². The molecule has 0 saturated heterocycles. The number of likely N-dealkylation sites (N-methyl/N-ethyl adjacent to an activating group) is 1. The van der Waals surface area contributed by atoms with Gasteiger partial charge in [0.1, 0.15) is 5.75 Å². The highest BCUT2D eigenvalue weighted by Crippen LogP contribution is 2.32. The second kappa shape index (κ2) is 4.28. The highest BCUT2D eigenvalue weighted by molar-refractivity contribution is 5.87. The van der Waals surface area contributed by atoms with E-state index >= 15 is 0 Å². The summed E-state index contributed by atoms with van der Waals surface area (Å²) in [5.41, 5.74) is 3.54. The molecule has 1 heterocycles. The normalized spacial score (nSPS) is 14.6. The smallest absolute Gasteiger partial charge is 0.118 e. The topological polar surface area (TPSA) is 41.3 Å². The van der Waals surface area contributed by atoms with E-state index in [-0.39, 0.29) is 0 Å². The number of phenolic OH excluding ortho intramolecular Hbond substituents is 1. The van der Waals surface area contributed by atoms with Gasteiger partial charge in [-0.25, -0.2) is 0 Å². The van der Waals surface area contributed by atoms with E-state index in [1.54, 1.807) is 0 Å². The van der Waals surface area contributed by atoms with Crippen molar-refractivity contribution in [3.8, 4) is 5.75 Å². The number of hydrogen-bond donors (Lipinski definition) is 1. The highest BCUT2D eigenvalue weighted by atomic mass is 16.3. The predicted octanol–water partition coefficient (Wildman–Crippen LogP) is 1.79. The van der Waals surface area contributed by atoms with Crippen LogP contribution in [0.15, 0.2) is 12.1 Å². The summed E-state index contributed by atoms with van der Waals surface area (Å²) < 4.78 is 2.04. The Morgan fingerprint density at radius 2 is 2.17 bits per heavy atom. The standard InChI is InChI=1S/C14H19N3O/c1-16(2)6-7-17-13-9-11(18)8-10-4-3-5-12(15-17)14(10)13/h8-9,18H,3-7H2,1-2H3. The SMILES string of the molecule is CN(C)CCn1nc2c3c(cc(O)cc31)CCC2. The summed E-state index contributed by atoms with van der Waals surface area (Å²) in [5.74, 6) is 0.358. The molecule has 0 atom stereocenters. The molecule has 0 amide bonds. The molecule has 0 radical (unpaired) electrons. The number of benzene rings is 1. The van der Waals surface area contributed by atoms with Crippen LogP contribution >= 0.6 is 0 Å². The fourth-order valence-corrected chi connectivity index (χ4v) is 2.74. The minimum atomic E-state index is 0.358. The molecule has 96 valence electrons. The lowest BCUT2D eigenvalue weighted by molar-refractivity contribution is 0.376. The Morgan fingerprint density at radius 1 is 1.33 bits per heavy atom. The van der Waals surface area contributed by atoms with E-state index in [2.05, 4.69) is 19.0 Å². The molecule has 1 aliphatic rings. The van der Waals surface area contributed by atoms with Gasteiger partial charge >= 0.3 is 0 Å². The number of aromatic nitrogens is 2. The molecule has 1 aliphatic carbocycles. The molecule has 0 spiro atoms. The minimum Gasteiger partial charge on any atom is -0.508 e. The first-order chi connectivity index (χ1) is 8.65. The van der Waals surface area contributed by atoms with Crippen molar-refractivity contribution < 1.29 is 5.11 Å². The molecule has 1 aromatic heterocycles. The zero-order chi connectivity index (χ0) is 12.7. The molecule has 0 bridgehead atoms. The summed E-state index contributed by atoms with van der Waals surface area (Å²) in [6.45, 7) is 1.83. The average molecular weight is 245 g/mol. The summed E-state index contributed by atoms with van der Waals surface area (Å²) >= 11 is 0. The Morgan fingerprint density at radius 3 is 2.94 bits per heavy atom. The maximum absolute atomic E-state index is 9.83. The number of aryl methyl sites for hydroxylation is 2. The van der Waals surface area contributed by atoms with Gasteiger partial charge in [-0.2, -0.15) is 5.10 Å². The summed E-state index contributed by atoms with van der Waals surface area (Å²) in [6, 6.07) is 3.74. The minimum absolute atomic E-state index is 0.358. The summed E-state index contributed by atoms with van der Waals surface area (Å²) in [7, 11) is 4.13. The van der Waals surface area contributed by atoms with Gasteiger partial charge in [-0.1, -0.05) is 0 Å². The van der Waals surface area contributed by atoms with Crippen LogP contribution in [0.5, 0.6) is 5.75 Å². The van der Waals surface area contributed by atoms with Gasteiger partial charge in [0.2, 0.25) is 0 Å². The molecule has 3 rings (SSSR count). The van der Waals surface area contributed by atoms with E-state index in [1.165, 1.54) is 16.6 Å². The quantitative estimate of drug-likeness (QED) is 0.896. The largest absolute Gasteiger partial charge is 0.508 e. The van der Waals surface area contributed by atoms with E-state index < -0.39 is 0 Å². The molecule has 0 fully saturated rings. The van der Waals surface area contributed by atoms with Crippen LogP contribution in [0.3, 0.4) is 0 Å². The zero-order valence-corrected chi connectivity index (χ0v) is 11.0. The van der Waals surface area contributed by atoms with Gasteiger partial charge < -0.3 is 10.0 Å². The number of rotatable bonds is 3. The van der Waals surface area contributed by atoms with Crippen molar-refractivity contribution >= 4 is 10.9 Å². The summed E-state index contributed by atoms with van der Waals surface area (Å²) in [5, 5.41) is 15.8. The lowest BCUT2D eigenvalue weighted by Crippen LogP contribution is -2.19. The van der Waals surface area contributed by atoms with E-state index in [0.29, 0.717) is 5.75 Å². The zero-order valence-electron chi connectivity index (χ0n) is 11.0. The molecule has 4 heteroatoms. The van der Waals surface area contributed by atoms with Crippen molar-refractivity contribution in [2.24, 2.45) is 0 Å². The Bertz CT molecular complexity index is 586. The third-order valence-corrected chi connectivity index (χ3v) is 3.61. The molecule has 1 N–H and O–H groups in total. The van der Waals surface area contributed by atoms with Gasteiger partial charge in [0.05, 0.1) is 17.8 Å². The number of aromatic hydroxyl groups is 1. The van der Waals surface area contributed by atoms with Gasteiger partial charge in [-0.3, -0.25) is 4.68 Å². The molecule has 0 aliphatic heterocycles. The maximum Gasteiger partial charge on any atom is 0.118 e. The van der Waals surface area contributed by atoms with Gasteiger partial charge in [-0.15, -0.1) is 0 Å². The molecule has 18 heavy (non-hydrogen) atoms. The lowest BCUT2D eigenvalue weighted by atomic mass is 9.94. The Kier molecular flexibility index (Phi) is 2.74. The van der Waals surface area contributed by atoms with Gasteiger partial charge in [0, 0.05) is 18.0 Å². The van der Waals surface area contributed by atoms with Crippen LogP contribution in [0.4, 0.5) is 0 Å². The van der Waals surface area contributed by atoms with Crippen LogP contribution in [0.2, 0.25) is 0 Å². The Hall–Kier alpha value is -1.55. The highest BCUT2D eigenvalue weighted by Gasteiger charge is 2.19. The second-order valence-corrected chi connectivity index (χ2v) is 5.33. The molecule has 0 saturated carbocycles. The fraction of sp³-hybridized carbons (Fsp3) is 0.500. The fourth-order valence-electron chi connectivity index (χ4n) is 2.74. The molecular weight excluding hydrogens is 226 g/mol. The Labute approximate surface area is 107 Å². The maximum atomic E-state index is 9.83. The van der Waals surface area contributed by atoms with Crippen molar-refractivity contribution in [1.29, 1.82) is 0 Å². The summed E-state index contributed by atoms with van der Waals surface area (Å²) in [6.07, 6.45) is 3.25. The van der Waals surface area contributed by atoms with Crippen molar-refractivity contribution in [2.45, 2.75) is 25.8 Å². The van der Waals surface area contributed by atoms with Crippen LogP contribution < -0.4 is 0 Å². The first kappa shape index (κ1) is 11.5. The third-order valence-electron chi connectivity index (χ3n) is 3.61. The van der Waals surface area contributed by atoms with E-state index in [0.717, 1.165) is 37.9 Å². The monoisotopic (exact) mass is 245 g/mol. The van der Waals surface area contributed by atoms with Crippen LogP contribution in [0, 0.1) is 0 Å². The number of nitrogens with zero attached hydrogens (tertiary/aromatic N) is 3. The van der Waals surface area contributed by atoms with Gasteiger partial charge in [0.15, 0.2) is 0 Å². The van der Waals surface area contributed by atoms with Crippen LogP contribution in [0.1, 0.15) is 17.7 Å². The first-order valence-corrected chi connectivity index (χ1v) is 6.51. The van der Waals surface area contributed by atoms with Crippen LogP contribution in [-0.4, -0.2) is 40.4 Å². The summed E-state index contributed by atoms with van der Waals surface area (Å²) in [4.78, 5) is 2.15. The third kappa shape index (κ3) is 1.86. The average Bonchev–Trinajstić information content (AvgIpc) is 2.66. The van der Waals surface area contributed by atoms with Crippen molar-refractivity contribution in [1.82, 2.24) is 14.7 Å². The van der Waals surface area contributed by atoms with Crippen molar-refractivity contribution in [3.63, 3.8) is 0 Å². The number of phenols is 1. The molecule has 2 aromatic rings. The first-order valence-electron chi connectivity index (χ1n) is 6.51. The van der Waals surface area contributed by atoms with Crippen LogP contribution in [0.25, 0.3) is 10.9 Å². The predicted molar refractivity (Wildman–Crippen MR) is 72.0 cm³/mol. The second-order valence-electron chi connectivity index (χ2n) is 5.33. The molecule has 1 aromatic carbocycles. The Balaban J connectivity index is 2.10. The van der Waals surface area contributed by atoms with Gasteiger partial charge in [0.25, 0.3) is 0 Å². The molecular formula is C14H19N3O. The molecule has 0 unspecified atom stereocenters. The van der Waals surface area contributed by atoms with Crippen LogP contribution in [-0.2, 0) is 19.4 Å². The van der Waals surface area contributed by atoms with E-state index in [4.69, 9.17) is 5.10 Å². The van der Waals surface area contributed by atoms with E-state index in [1.807, 2.05) is 16.8 Å². The van der Waals surface area contributed by atoms with E-state index in [9.17, 15) is 5.11 Å². The number of hydrogen-bond acceptors (Lipinski definition) is 3. The lowest BCUT2D eigenvalue weighted by Gasteiger charge is -2.11. The van der Waals surface area contributed by atoms with Crippen molar-refractivity contribution in [3.05, 3.63) is 23.4 Å². The van der Waals surface area contributed by atoms with Gasteiger partial charge in [-0.05, 0) is 45.0 Å².